The van der Waals surface area contributed by atoms with Gasteiger partial charge in [-0.1, -0.05) is 0 Å². The van der Waals surface area contributed by atoms with Crippen LogP contribution in [0, 0.1) is 0 Å². The van der Waals surface area contributed by atoms with Crippen molar-refractivity contribution < 1.29 is 5.11 Å². The third-order valence-electron chi connectivity index (χ3n) is 2.88. The predicted octanol–water partition coefficient (Wildman–Crippen LogP) is 1.42. The maximum atomic E-state index is 9.89. The lowest BCUT2D eigenvalue weighted by Gasteiger charge is -2.15. The van der Waals surface area contributed by atoms with E-state index in [1.54, 1.807) is 10.9 Å². The first kappa shape index (κ1) is 13.4. The number of benzene rings is 1. The lowest BCUT2D eigenvalue weighted by atomic mass is 10.2. The first-order valence-corrected chi connectivity index (χ1v) is 6.32. The third kappa shape index (κ3) is 3.99. The van der Waals surface area contributed by atoms with Crippen LogP contribution in [0.15, 0.2) is 42.7 Å². The second-order valence-corrected chi connectivity index (χ2v) is 4.70. The highest BCUT2D eigenvalue weighted by Crippen LogP contribution is 2.15. The normalized spacial score (nSPS) is 12.2. The van der Waals surface area contributed by atoms with E-state index >= 15 is 0 Å². The lowest BCUT2D eigenvalue weighted by molar-refractivity contribution is 0.161. The summed E-state index contributed by atoms with van der Waals surface area (Å²) in [6.07, 6.45) is 3.09. The molecular weight excluding hydrogens is 240 g/mol. The van der Waals surface area contributed by atoms with Crippen molar-refractivity contribution in [1.29, 1.82) is 0 Å². The van der Waals surface area contributed by atoms with Crippen LogP contribution in [0.5, 0.6) is 0 Å². The minimum absolute atomic E-state index is 0.464. The molecule has 0 radical (unpaired) electrons. The van der Waals surface area contributed by atoms with Gasteiger partial charge in [-0.15, -0.1) is 0 Å². The number of hydrogen-bond donors (Lipinski definition) is 2. The number of hydrogen-bond acceptors (Lipinski definition) is 4. The van der Waals surface area contributed by atoms with E-state index in [2.05, 4.69) is 15.3 Å². The summed E-state index contributed by atoms with van der Waals surface area (Å²) in [5, 5.41) is 17.2. The van der Waals surface area contributed by atoms with Crippen molar-refractivity contribution in [3.63, 3.8) is 0 Å². The molecule has 5 heteroatoms. The molecule has 0 aliphatic heterocycles. The van der Waals surface area contributed by atoms with Crippen LogP contribution in [0.3, 0.4) is 0 Å². The fourth-order valence-electron chi connectivity index (χ4n) is 1.80. The maximum absolute atomic E-state index is 9.89. The zero-order chi connectivity index (χ0) is 13.7. The average molecular weight is 260 g/mol. The van der Waals surface area contributed by atoms with Gasteiger partial charge in [-0.2, -0.15) is 5.10 Å². The standard InChI is InChI=1S/C14H20N4O/c1-17(2)13-6-4-12(5-7-13)15-10-14(19)11-18-9-3-8-16-18/h3-9,14-15,19H,10-11H2,1-2H3. The lowest BCUT2D eigenvalue weighted by Crippen LogP contribution is -2.25. The molecule has 1 atom stereocenters. The molecule has 1 aromatic carbocycles. The van der Waals surface area contributed by atoms with E-state index < -0.39 is 6.10 Å². The van der Waals surface area contributed by atoms with Crippen LogP contribution in [0.4, 0.5) is 11.4 Å². The van der Waals surface area contributed by atoms with Crippen LogP contribution < -0.4 is 10.2 Å². The zero-order valence-electron chi connectivity index (χ0n) is 11.3. The molecule has 1 heterocycles. The Hall–Kier alpha value is -2.01. The molecule has 0 amide bonds. The summed E-state index contributed by atoms with van der Waals surface area (Å²) in [5.74, 6) is 0. The topological polar surface area (TPSA) is 53.3 Å². The summed E-state index contributed by atoms with van der Waals surface area (Å²) in [6, 6.07) is 9.95. The van der Waals surface area contributed by atoms with Crippen LogP contribution in [0.1, 0.15) is 0 Å². The molecule has 1 aromatic heterocycles. The summed E-state index contributed by atoms with van der Waals surface area (Å²) in [7, 11) is 4.02. The van der Waals surface area contributed by atoms with Crippen molar-refractivity contribution in [2.24, 2.45) is 0 Å². The molecule has 0 aliphatic rings. The largest absolute Gasteiger partial charge is 0.389 e. The van der Waals surface area contributed by atoms with E-state index in [1.807, 2.05) is 50.6 Å². The average Bonchev–Trinajstić information content (AvgIpc) is 2.89. The van der Waals surface area contributed by atoms with E-state index in [1.165, 1.54) is 0 Å². The van der Waals surface area contributed by atoms with E-state index in [-0.39, 0.29) is 0 Å². The van der Waals surface area contributed by atoms with Gasteiger partial charge in [0, 0.05) is 44.4 Å². The Morgan fingerprint density at radius 3 is 2.63 bits per heavy atom. The van der Waals surface area contributed by atoms with Crippen LogP contribution in [-0.4, -0.2) is 41.6 Å². The van der Waals surface area contributed by atoms with E-state index in [0.29, 0.717) is 13.1 Å². The molecule has 19 heavy (non-hydrogen) atoms. The SMILES string of the molecule is CN(C)c1ccc(NCC(O)Cn2cccn2)cc1. The van der Waals surface area contributed by atoms with Crippen molar-refractivity contribution >= 4 is 11.4 Å². The van der Waals surface area contributed by atoms with Gasteiger partial charge in [0.1, 0.15) is 0 Å². The minimum atomic E-state index is -0.464. The molecule has 0 aliphatic carbocycles. The quantitative estimate of drug-likeness (QED) is 0.825. The fraction of sp³-hybridized carbons (Fsp3) is 0.357. The molecule has 2 rings (SSSR count). The Bertz CT molecular complexity index is 479. The molecule has 0 fully saturated rings. The zero-order valence-corrected chi connectivity index (χ0v) is 11.3. The van der Waals surface area contributed by atoms with E-state index in [4.69, 9.17) is 0 Å². The van der Waals surface area contributed by atoms with Gasteiger partial charge in [0.15, 0.2) is 0 Å². The summed E-state index contributed by atoms with van der Waals surface area (Å²) in [4.78, 5) is 2.05. The van der Waals surface area contributed by atoms with Gasteiger partial charge in [0.2, 0.25) is 0 Å². The van der Waals surface area contributed by atoms with Gasteiger partial charge < -0.3 is 15.3 Å². The van der Waals surface area contributed by atoms with E-state index in [9.17, 15) is 5.11 Å². The molecular formula is C14H20N4O. The number of aromatic nitrogens is 2. The minimum Gasteiger partial charge on any atom is -0.389 e. The maximum Gasteiger partial charge on any atom is 0.0907 e. The number of aliphatic hydroxyl groups excluding tert-OH is 1. The molecule has 0 saturated heterocycles. The number of nitrogens with zero attached hydrogens (tertiary/aromatic N) is 3. The first-order chi connectivity index (χ1) is 9.15. The smallest absolute Gasteiger partial charge is 0.0907 e. The van der Waals surface area contributed by atoms with Crippen LogP contribution in [0.2, 0.25) is 0 Å². The van der Waals surface area contributed by atoms with Crippen LogP contribution in [-0.2, 0) is 6.54 Å². The van der Waals surface area contributed by atoms with Crippen molar-refractivity contribution in [2.45, 2.75) is 12.6 Å². The van der Waals surface area contributed by atoms with Gasteiger partial charge in [0.25, 0.3) is 0 Å². The summed E-state index contributed by atoms with van der Waals surface area (Å²) in [5.41, 5.74) is 2.16. The summed E-state index contributed by atoms with van der Waals surface area (Å²) in [6.45, 7) is 0.997. The number of aliphatic hydroxyl groups is 1. The molecule has 0 saturated carbocycles. The number of anilines is 2. The van der Waals surface area contributed by atoms with Gasteiger partial charge in [-0.25, -0.2) is 0 Å². The Kier molecular flexibility index (Phi) is 4.41. The molecule has 0 spiro atoms. The van der Waals surface area contributed by atoms with Crippen molar-refractivity contribution in [3.8, 4) is 0 Å². The molecule has 2 N–H and O–H groups in total. The molecule has 1 unspecified atom stereocenters. The Balaban J connectivity index is 1.81. The van der Waals surface area contributed by atoms with Gasteiger partial charge in [-0.05, 0) is 30.3 Å². The van der Waals surface area contributed by atoms with Crippen LogP contribution in [0.25, 0.3) is 0 Å². The first-order valence-electron chi connectivity index (χ1n) is 6.32. The molecule has 2 aromatic rings. The number of rotatable bonds is 6. The monoisotopic (exact) mass is 260 g/mol. The summed E-state index contributed by atoms with van der Waals surface area (Å²) < 4.78 is 1.72. The molecule has 5 nitrogen and oxygen atoms in total. The number of nitrogens with one attached hydrogen (secondary N) is 1. The Labute approximate surface area is 113 Å². The van der Waals surface area contributed by atoms with Crippen molar-refractivity contribution in [3.05, 3.63) is 42.7 Å². The van der Waals surface area contributed by atoms with Crippen LogP contribution >= 0.6 is 0 Å². The highest BCUT2D eigenvalue weighted by Gasteiger charge is 2.05. The Morgan fingerprint density at radius 2 is 2.05 bits per heavy atom. The second kappa shape index (κ2) is 6.24. The summed E-state index contributed by atoms with van der Waals surface area (Å²) >= 11 is 0. The predicted molar refractivity (Wildman–Crippen MR) is 77.5 cm³/mol. The van der Waals surface area contributed by atoms with Crippen molar-refractivity contribution in [1.82, 2.24) is 9.78 Å². The molecule has 102 valence electrons. The highest BCUT2D eigenvalue weighted by atomic mass is 16.3. The second-order valence-electron chi connectivity index (χ2n) is 4.70. The van der Waals surface area contributed by atoms with Gasteiger partial charge in [-0.3, -0.25) is 4.68 Å². The van der Waals surface area contributed by atoms with E-state index in [0.717, 1.165) is 11.4 Å². The fourth-order valence-corrected chi connectivity index (χ4v) is 1.80. The molecule has 0 bridgehead atoms. The third-order valence-corrected chi connectivity index (χ3v) is 2.88. The highest BCUT2D eigenvalue weighted by molar-refractivity contribution is 5.54. The Morgan fingerprint density at radius 1 is 1.32 bits per heavy atom. The van der Waals surface area contributed by atoms with Gasteiger partial charge in [0.05, 0.1) is 12.6 Å². The van der Waals surface area contributed by atoms with Gasteiger partial charge >= 0.3 is 0 Å². The van der Waals surface area contributed by atoms with Crippen molar-refractivity contribution in [2.75, 3.05) is 30.9 Å².